The lowest BCUT2D eigenvalue weighted by atomic mass is 10.1. The van der Waals surface area contributed by atoms with E-state index in [1.165, 1.54) is 32.1 Å². The fourth-order valence-corrected chi connectivity index (χ4v) is 5.46. The number of nitrogens with one attached hydrogen (secondary N) is 6. The third-order valence-electron chi connectivity index (χ3n) is 8.41. The zero-order chi connectivity index (χ0) is 34.0. The topological polar surface area (TPSA) is 184 Å². The molecule has 4 atom stereocenters. The van der Waals surface area contributed by atoms with Gasteiger partial charge in [0.1, 0.15) is 18.1 Å². The molecule has 1 aliphatic heterocycles. The molecule has 5 amide bonds. The van der Waals surface area contributed by atoms with Crippen molar-refractivity contribution >= 4 is 29.5 Å². The summed E-state index contributed by atoms with van der Waals surface area (Å²) in [6.45, 7) is 8.08. The molecule has 0 aromatic heterocycles. The van der Waals surface area contributed by atoms with Gasteiger partial charge < -0.3 is 37.6 Å². The van der Waals surface area contributed by atoms with E-state index in [1.54, 1.807) is 6.92 Å². The first-order valence-electron chi connectivity index (χ1n) is 18.1. The van der Waals surface area contributed by atoms with Gasteiger partial charge in [-0.05, 0) is 65.0 Å². The fourth-order valence-electron chi connectivity index (χ4n) is 5.46. The second-order valence-electron chi connectivity index (χ2n) is 12.7. The molecule has 8 N–H and O–H groups in total. The van der Waals surface area contributed by atoms with E-state index in [0.29, 0.717) is 45.3 Å². The molecule has 0 unspecified atom stereocenters. The van der Waals surface area contributed by atoms with Crippen LogP contribution < -0.4 is 37.6 Å². The van der Waals surface area contributed by atoms with Gasteiger partial charge >= 0.3 is 0 Å². The second-order valence-corrected chi connectivity index (χ2v) is 12.7. The number of amides is 5. The maximum Gasteiger partial charge on any atom is 0.243 e. The minimum atomic E-state index is -1.09. The van der Waals surface area contributed by atoms with Gasteiger partial charge in [-0.2, -0.15) is 0 Å². The van der Waals surface area contributed by atoms with Gasteiger partial charge in [-0.15, -0.1) is 0 Å². The van der Waals surface area contributed by atoms with Crippen LogP contribution >= 0.6 is 0 Å². The molecule has 1 fully saturated rings. The maximum absolute atomic E-state index is 13.5. The van der Waals surface area contributed by atoms with Crippen molar-refractivity contribution in [2.24, 2.45) is 5.73 Å². The average molecular weight is 652 g/mol. The Morgan fingerprint density at radius 2 is 1.28 bits per heavy atom. The van der Waals surface area contributed by atoms with Crippen molar-refractivity contribution in [1.82, 2.24) is 31.9 Å². The smallest absolute Gasteiger partial charge is 0.243 e. The Hall–Kier alpha value is -2.73. The monoisotopic (exact) mass is 652 g/mol. The van der Waals surface area contributed by atoms with Gasteiger partial charge in [-0.1, -0.05) is 78.1 Å². The third kappa shape index (κ3) is 19.1. The molecular formula is C34H65N7O5. The van der Waals surface area contributed by atoms with Crippen LogP contribution in [0.1, 0.15) is 136 Å². The van der Waals surface area contributed by atoms with E-state index in [1.807, 2.05) is 0 Å². The third-order valence-corrected chi connectivity index (χ3v) is 8.41. The molecule has 1 saturated heterocycles. The van der Waals surface area contributed by atoms with E-state index >= 15 is 0 Å². The Balaban J connectivity index is 2.82. The van der Waals surface area contributed by atoms with Gasteiger partial charge in [-0.3, -0.25) is 24.0 Å². The maximum atomic E-state index is 13.5. The Labute approximate surface area is 277 Å². The lowest BCUT2D eigenvalue weighted by Crippen LogP contribution is -2.57. The van der Waals surface area contributed by atoms with Crippen LogP contribution in [0.4, 0.5) is 0 Å². The van der Waals surface area contributed by atoms with Crippen LogP contribution in [0.25, 0.3) is 0 Å². The van der Waals surface area contributed by atoms with Crippen molar-refractivity contribution in [2.45, 2.75) is 161 Å². The Morgan fingerprint density at radius 3 is 1.87 bits per heavy atom. The van der Waals surface area contributed by atoms with E-state index in [2.05, 4.69) is 45.7 Å². The van der Waals surface area contributed by atoms with Crippen LogP contribution in [0.15, 0.2) is 0 Å². The van der Waals surface area contributed by atoms with Gasteiger partial charge in [-0.25, -0.2) is 0 Å². The molecule has 0 aliphatic carbocycles. The summed E-state index contributed by atoms with van der Waals surface area (Å²) in [7, 11) is 0. The predicted molar refractivity (Wildman–Crippen MR) is 183 cm³/mol. The van der Waals surface area contributed by atoms with E-state index in [9.17, 15) is 24.0 Å². The van der Waals surface area contributed by atoms with Crippen molar-refractivity contribution in [3.8, 4) is 0 Å². The highest BCUT2D eigenvalue weighted by Gasteiger charge is 2.30. The minimum absolute atomic E-state index is 0.200. The number of hydrogen-bond donors (Lipinski definition) is 7. The molecule has 0 saturated carbocycles. The molecule has 0 aromatic carbocycles. The summed E-state index contributed by atoms with van der Waals surface area (Å²) in [5, 5.41) is 17.1. The zero-order valence-corrected chi connectivity index (χ0v) is 29.0. The number of carbonyl (C=O) groups is 5. The molecular weight excluding hydrogens is 586 g/mol. The summed E-state index contributed by atoms with van der Waals surface area (Å²) >= 11 is 0. The standard InChI is InChI=1S/C34H65N7O5/c1-4-6-8-10-12-16-22-37-30(42)25-29(32(44)38-23-17-13-11-9-7-5-2)41-34(46)28(19-14-15-21-35)40-31(43)26(3)39-33(45)27-20-18-24-36-27/h26-29,36H,4-25,35H2,1-3H3,(H,37,42)(H,38,44)(H,39,45)(H,40,43)(H,41,46)/t26-,27-,28-,29-/m0/s1. The summed E-state index contributed by atoms with van der Waals surface area (Å²) in [5.41, 5.74) is 5.66. The highest BCUT2D eigenvalue weighted by molar-refractivity contribution is 5.96. The summed E-state index contributed by atoms with van der Waals surface area (Å²) in [6, 6.07) is -3.23. The van der Waals surface area contributed by atoms with Crippen molar-refractivity contribution < 1.29 is 24.0 Å². The summed E-state index contributed by atoms with van der Waals surface area (Å²) < 4.78 is 0. The van der Waals surface area contributed by atoms with Crippen LogP contribution in [-0.2, 0) is 24.0 Å². The van der Waals surface area contributed by atoms with Gasteiger partial charge in [0.25, 0.3) is 0 Å². The molecule has 1 heterocycles. The van der Waals surface area contributed by atoms with Crippen LogP contribution in [0.5, 0.6) is 0 Å². The molecule has 12 heteroatoms. The molecule has 0 spiro atoms. The first-order chi connectivity index (χ1) is 22.2. The summed E-state index contributed by atoms with van der Waals surface area (Å²) in [6.07, 6.45) is 16.0. The SMILES string of the molecule is CCCCCCCCNC(=O)C[C@H](NC(=O)[C@H](CCCCN)NC(=O)[C@H](C)NC(=O)[C@@H]1CCCN1)C(=O)NCCCCCCCC. The normalized spacial score (nSPS) is 16.2. The largest absolute Gasteiger partial charge is 0.356 e. The molecule has 12 nitrogen and oxygen atoms in total. The van der Waals surface area contributed by atoms with E-state index in [0.717, 1.165) is 57.9 Å². The zero-order valence-electron chi connectivity index (χ0n) is 29.0. The van der Waals surface area contributed by atoms with Crippen LogP contribution in [0.3, 0.4) is 0 Å². The van der Waals surface area contributed by atoms with Crippen LogP contribution in [-0.4, -0.2) is 79.9 Å². The molecule has 1 rings (SSSR count). The van der Waals surface area contributed by atoms with Crippen molar-refractivity contribution in [3.63, 3.8) is 0 Å². The van der Waals surface area contributed by atoms with Crippen molar-refractivity contribution in [3.05, 3.63) is 0 Å². The fraction of sp³-hybridized carbons (Fsp3) is 0.853. The first-order valence-corrected chi connectivity index (χ1v) is 18.1. The number of rotatable bonds is 27. The highest BCUT2D eigenvalue weighted by Crippen LogP contribution is 2.08. The minimum Gasteiger partial charge on any atom is -0.356 e. The Kier molecular flexibility index (Phi) is 23.7. The highest BCUT2D eigenvalue weighted by atomic mass is 16.2. The molecule has 0 aromatic rings. The number of nitrogens with two attached hydrogens (primary N) is 1. The van der Waals surface area contributed by atoms with Crippen LogP contribution in [0.2, 0.25) is 0 Å². The van der Waals surface area contributed by atoms with Crippen molar-refractivity contribution in [2.75, 3.05) is 26.2 Å². The van der Waals surface area contributed by atoms with Gasteiger partial charge in [0, 0.05) is 13.1 Å². The van der Waals surface area contributed by atoms with Gasteiger partial charge in [0.2, 0.25) is 29.5 Å². The predicted octanol–water partition coefficient (Wildman–Crippen LogP) is 2.69. The number of hydrogen-bond acceptors (Lipinski definition) is 7. The molecule has 46 heavy (non-hydrogen) atoms. The lowest BCUT2D eigenvalue weighted by molar-refractivity contribution is -0.135. The van der Waals surface area contributed by atoms with Crippen molar-refractivity contribution in [1.29, 1.82) is 0 Å². The number of unbranched alkanes of at least 4 members (excludes halogenated alkanes) is 11. The molecule has 266 valence electrons. The molecule has 0 radical (unpaired) electrons. The van der Waals surface area contributed by atoms with E-state index in [4.69, 9.17) is 5.73 Å². The van der Waals surface area contributed by atoms with Gasteiger partial charge in [0.05, 0.1) is 12.5 Å². The van der Waals surface area contributed by atoms with Crippen LogP contribution in [0, 0.1) is 0 Å². The molecule has 1 aliphatic rings. The summed E-state index contributed by atoms with van der Waals surface area (Å²) in [4.78, 5) is 65.1. The Bertz CT molecular complexity index is 882. The quantitative estimate of drug-likeness (QED) is 0.0666. The lowest BCUT2D eigenvalue weighted by Gasteiger charge is -2.25. The Morgan fingerprint density at radius 1 is 0.696 bits per heavy atom. The average Bonchev–Trinajstić information content (AvgIpc) is 3.58. The van der Waals surface area contributed by atoms with E-state index in [-0.39, 0.29) is 24.3 Å². The summed E-state index contributed by atoms with van der Waals surface area (Å²) in [5.74, 6) is -2.04. The number of carbonyl (C=O) groups excluding carboxylic acids is 5. The second kappa shape index (κ2) is 26.4. The van der Waals surface area contributed by atoms with Gasteiger partial charge in [0.15, 0.2) is 0 Å². The first kappa shape index (κ1) is 41.3. The molecule has 0 bridgehead atoms. The van der Waals surface area contributed by atoms with E-state index < -0.39 is 35.8 Å².